The third kappa shape index (κ3) is 1.56. The molecule has 0 bridgehead atoms. The zero-order valence-electron chi connectivity index (χ0n) is 7.85. The summed E-state index contributed by atoms with van der Waals surface area (Å²) in [6, 6.07) is 5.71. The summed E-state index contributed by atoms with van der Waals surface area (Å²) in [5.74, 6) is 0. The fourth-order valence-electron chi connectivity index (χ4n) is 1.50. The number of aliphatic hydroxyl groups excluding tert-OH is 1. The van der Waals surface area contributed by atoms with Crippen LogP contribution in [0.25, 0.3) is 10.9 Å². The van der Waals surface area contributed by atoms with Crippen molar-refractivity contribution in [3.05, 3.63) is 24.4 Å². The Morgan fingerprint density at radius 3 is 3.07 bits per heavy atom. The number of hydrogen-bond acceptors (Lipinski definition) is 3. The number of aromatic nitrogens is 2. The summed E-state index contributed by atoms with van der Waals surface area (Å²) < 4.78 is 1.88. The van der Waals surface area contributed by atoms with Crippen LogP contribution in [-0.4, -0.2) is 21.5 Å². The average Bonchev–Trinajstić information content (AvgIpc) is 2.57. The quantitative estimate of drug-likeness (QED) is 0.711. The Morgan fingerprint density at radius 1 is 1.43 bits per heavy atom. The fourth-order valence-corrected chi connectivity index (χ4v) is 1.50. The van der Waals surface area contributed by atoms with Crippen LogP contribution in [0.15, 0.2) is 24.4 Å². The second-order valence-corrected chi connectivity index (χ2v) is 3.26. The van der Waals surface area contributed by atoms with Gasteiger partial charge in [0.1, 0.15) is 0 Å². The SMILES string of the molecule is Nc1ccc2c(cnn2CCCO)c1. The van der Waals surface area contributed by atoms with Gasteiger partial charge in [-0.25, -0.2) is 0 Å². The molecule has 0 saturated carbocycles. The van der Waals surface area contributed by atoms with E-state index in [2.05, 4.69) is 5.10 Å². The van der Waals surface area contributed by atoms with Gasteiger partial charge in [0.15, 0.2) is 0 Å². The largest absolute Gasteiger partial charge is 0.399 e. The van der Waals surface area contributed by atoms with Crippen LogP contribution in [0, 0.1) is 0 Å². The summed E-state index contributed by atoms with van der Waals surface area (Å²) in [6.45, 7) is 0.931. The second kappa shape index (κ2) is 3.67. The van der Waals surface area contributed by atoms with E-state index in [-0.39, 0.29) is 6.61 Å². The van der Waals surface area contributed by atoms with Crippen molar-refractivity contribution in [2.45, 2.75) is 13.0 Å². The minimum Gasteiger partial charge on any atom is -0.399 e. The van der Waals surface area contributed by atoms with Gasteiger partial charge in [-0.15, -0.1) is 0 Å². The lowest BCUT2D eigenvalue weighted by atomic mass is 10.2. The Bertz CT molecular complexity index is 436. The van der Waals surface area contributed by atoms with Gasteiger partial charge in [0.25, 0.3) is 0 Å². The molecule has 2 aromatic rings. The van der Waals surface area contributed by atoms with Crippen LogP contribution >= 0.6 is 0 Å². The maximum Gasteiger partial charge on any atom is 0.0683 e. The van der Waals surface area contributed by atoms with Crippen molar-refractivity contribution in [1.29, 1.82) is 0 Å². The molecule has 0 aliphatic rings. The zero-order chi connectivity index (χ0) is 9.97. The fraction of sp³-hybridized carbons (Fsp3) is 0.300. The van der Waals surface area contributed by atoms with E-state index in [4.69, 9.17) is 10.8 Å². The van der Waals surface area contributed by atoms with Crippen molar-refractivity contribution in [2.24, 2.45) is 0 Å². The number of nitrogens with zero attached hydrogens (tertiary/aromatic N) is 2. The zero-order valence-corrected chi connectivity index (χ0v) is 7.85. The first-order valence-corrected chi connectivity index (χ1v) is 4.63. The molecule has 2 rings (SSSR count). The summed E-state index contributed by atoms with van der Waals surface area (Å²) in [5, 5.41) is 14.0. The molecule has 4 nitrogen and oxygen atoms in total. The van der Waals surface area contributed by atoms with E-state index in [0.717, 1.165) is 29.6 Å². The van der Waals surface area contributed by atoms with Crippen molar-refractivity contribution in [1.82, 2.24) is 9.78 Å². The molecule has 0 radical (unpaired) electrons. The van der Waals surface area contributed by atoms with Crippen molar-refractivity contribution in [2.75, 3.05) is 12.3 Å². The van der Waals surface area contributed by atoms with Crippen LogP contribution < -0.4 is 5.73 Å². The highest BCUT2D eigenvalue weighted by Crippen LogP contribution is 2.16. The van der Waals surface area contributed by atoms with E-state index in [9.17, 15) is 0 Å². The van der Waals surface area contributed by atoms with Gasteiger partial charge in [-0.3, -0.25) is 4.68 Å². The van der Waals surface area contributed by atoms with Gasteiger partial charge >= 0.3 is 0 Å². The maximum absolute atomic E-state index is 8.72. The summed E-state index contributed by atoms with van der Waals surface area (Å²) >= 11 is 0. The highest BCUT2D eigenvalue weighted by atomic mass is 16.3. The van der Waals surface area contributed by atoms with Crippen LogP contribution in [0.4, 0.5) is 5.69 Å². The molecule has 0 aliphatic heterocycles. The molecule has 74 valence electrons. The molecular formula is C10H13N3O. The highest BCUT2D eigenvalue weighted by molar-refractivity contribution is 5.81. The van der Waals surface area contributed by atoms with Crippen LogP contribution in [-0.2, 0) is 6.54 Å². The lowest BCUT2D eigenvalue weighted by Crippen LogP contribution is -2.01. The second-order valence-electron chi connectivity index (χ2n) is 3.26. The smallest absolute Gasteiger partial charge is 0.0683 e. The number of nitrogens with two attached hydrogens (primary N) is 1. The third-order valence-corrected chi connectivity index (χ3v) is 2.19. The van der Waals surface area contributed by atoms with E-state index in [1.165, 1.54) is 0 Å². The van der Waals surface area contributed by atoms with Gasteiger partial charge in [0, 0.05) is 24.2 Å². The molecule has 0 fully saturated rings. The lowest BCUT2D eigenvalue weighted by molar-refractivity contribution is 0.278. The van der Waals surface area contributed by atoms with E-state index < -0.39 is 0 Å². The van der Waals surface area contributed by atoms with Crippen molar-refractivity contribution in [3.63, 3.8) is 0 Å². The van der Waals surface area contributed by atoms with E-state index in [1.54, 1.807) is 6.20 Å². The number of fused-ring (bicyclic) bond motifs is 1. The minimum atomic E-state index is 0.191. The molecule has 14 heavy (non-hydrogen) atoms. The Kier molecular flexibility index (Phi) is 2.37. The molecule has 0 spiro atoms. The first-order valence-electron chi connectivity index (χ1n) is 4.63. The number of aliphatic hydroxyl groups is 1. The van der Waals surface area contributed by atoms with Gasteiger partial charge < -0.3 is 10.8 Å². The summed E-state index contributed by atoms with van der Waals surface area (Å²) in [7, 11) is 0. The van der Waals surface area contributed by atoms with Crippen LogP contribution in [0.2, 0.25) is 0 Å². The molecule has 1 heterocycles. The summed E-state index contributed by atoms with van der Waals surface area (Å²) in [4.78, 5) is 0. The number of anilines is 1. The number of nitrogen functional groups attached to an aromatic ring is 1. The molecule has 1 aromatic carbocycles. The Hall–Kier alpha value is -1.55. The minimum absolute atomic E-state index is 0.191. The van der Waals surface area contributed by atoms with Crippen molar-refractivity contribution >= 4 is 16.6 Å². The van der Waals surface area contributed by atoms with Gasteiger partial charge in [0.05, 0.1) is 11.7 Å². The molecule has 3 N–H and O–H groups in total. The Morgan fingerprint density at radius 2 is 2.29 bits per heavy atom. The third-order valence-electron chi connectivity index (χ3n) is 2.19. The Balaban J connectivity index is 2.37. The summed E-state index contributed by atoms with van der Waals surface area (Å²) in [6.07, 6.45) is 2.52. The number of rotatable bonds is 3. The molecule has 1 aromatic heterocycles. The number of benzene rings is 1. The van der Waals surface area contributed by atoms with Crippen LogP contribution in [0.3, 0.4) is 0 Å². The molecule has 0 atom stereocenters. The molecule has 0 unspecified atom stereocenters. The van der Waals surface area contributed by atoms with E-state index in [1.807, 2.05) is 22.9 Å². The van der Waals surface area contributed by atoms with Crippen molar-refractivity contribution in [3.8, 4) is 0 Å². The van der Waals surface area contributed by atoms with Gasteiger partial charge in [-0.1, -0.05) is 0 Å². The average molecular weight is 191 g/mol. The standard InChI is InChI=1S/C10H13N3O/c11-9-2-3-10-8(6-9)7-12-13(10)4-1-5-14/h2-3,6-7,14H,1,4-5,11H2. The predicted octanol–water partition coefficient (Wildman–Crippen LogP) is 1.00. The van der Waals surface area contributed by atoms with Gasteiger partial charge in [-0.05, 0) is 24.6 Å². The molecular weight excluding hydrogens is 178 g/mol. The predicted molar refractivity (Wildman–Crippen MR) is 55.8 cm³/mol. The van der Waals surface area contributed by atoms with Crippen molar-refractivity contribution < 1.29 is 5.11 Å². The molecule has 0 aliphatic carbocycles. The van der Waals surface area contributed by atoms with Gasteiger partial charge in [0.2, 0.25) is 0 Å². The highest BCUT2D eigenvalue weighted by Gasteiger charge is 2.01. The molecule has 4 heteroatoms. The molecule has 0 amide bonds. The monoisotopic (exact) mass is 191 g/mol. The number of hydrogen-bond donors (Lipinski definition) is 2. The number of aryl methyl sites for hydroxylation is 1. The topological polar surface area (TPSA) is 64.1 Å². The van der Waals surface area contributed by atoms with E-state index in [0.29, 0.717) is 0 Å². The first-order chi connectivity index (χ1) is 6.81. The normalized spacial score (nSPS) is 10.9. The lowest BCUT2D eigenvalue weighted by Gasteiger charge is -2.01. The maximum atomic E-state index is 8.72. The van der Waals surface area contributed by atoms with Crippen LogP contribution in [0.5, 0.6) is 0 Å². The van der Waals surface area contributed by atoms with Crippen LogP contribution in [0.1, 0.15) is 6.42 Å². The van der Waals surface area contributed by atoms with E-state index >= 15 is 0 Å². The Labute approximate surface area is 81.9 Å². The molecule has 0 saturated heterocycles. The van der Waals surface area contributed by atoms with Gasteiger partial charge in [-0.2, -0.15) is 5.10 Å². The first kappa shape index (κ1) is 9.02. The summed E-state index contributed by atoms with van der Waals surface area (Å²) in [5.41, 5.74) is 7.47.